The summed E-state index contributed by atoms with van der Waals surface area (Å²) in [5.74, 6) is -2.98. The van der Waals surface area contributed by atoms with E-state index >= 15 is 0 Å². The highest BCUT2D eigenvalue weighted by atomic mass is 35.5. The molecule has 2 N–H and O–H groups in total. The number of hydrogen-bond donors (Lipinski definition) is 2. The van der Waals surface area contributed by atoms with Gasteiger partial charge in [0.25, 0.3) is 11.8 Å². The number of likely N-dealkylation sites (N-methyl/N-ethyl adjacent to an activating group) is 2. The number of rotatable bonds is 7. The second kappa shape index (κ2) is 10.9. The second-order valence-electron chi connectivity index (χ2n) is 7.89. The number of carbonyl (C=O) groups is 3. The van der Waals surface area contributed by atoms with E-state index in [1.165, 1.54) is 30.3 Å². The molecule has 2 aromatic rings. The van der Waals surface area contributed by atoms with Gasteiger partial charge in [-0.3, -0.25) is 14.4 Å². The van der Waals surface area contributed by atoms with Crippen molar-refractivity contribution in [3.8, 4) is 0 Å². The lowest BCUT2D eigenvalue weighted by Gasteiger charge is -2.21. The van der Waals surface area contributed by atoms with Crippen LogP contribution in [0, 0.1) is 0 Å². The fraction of sp³-hybridized carbons (Fsp3) is 0.364. The lowest BCUT2D eigenvalue weighted by molar-refractivity contribution is -0.130. The lowest BCUT2D eigenvalue weighted by atomic mass is 10.2. The van der Waals surface area contributed by atoms with Gasteiger partial charge in [-0.1, -0.05) is 23.7 Å². The fourth-order valence-electron chi connectivity index (χ4n) is 3.20. The molecule has 3 rings (SSSR count). The first-order chi connectivity index (χ1) is 15.6. The first-order valence-electron chi connectivity index (χ1n) is 10.2. The monoisotopic (exact) mass is 493 g/mol. The molecule has 2 heterocycles. The minimum absolute atomic E-state index is 0.256. The first kappa shape index (κ1) is 24.8. The molecule has 1 aliphatic rings. The Kier molecular flexibility index (Phi) is 8.17. The van der Waals surface area contributed by atoms with E-state index in [0.29, 0.717) is 10.6 Å². The summed E-state index contributed by atoms with van der Waals surface area (Å²) in [5, 5.41) is 5.73. The Morgan fingerprint density at radius 1 is 1.30 bits per heavy atom. The molecular formula is C22H25ClFN5O3S. The van der Waals surface area contributed by atoms with Crippen molar-refractivity contribution in [2.45, 2.75) is 19.0 Å². The fourth-order valence-corrected chi connectivity index (χ4v) is 4.42. The molecule has 176 valence electrons. The topological polar surface area (TPSA) is 94.6 Å². The summed E-state index contributed by atoms with van der Waals surface area (Å²) in [4.78, 5) is 46.4. The van der Waals surface area contributed by atoms with E-state index in [1.54, 1.807) is 24.3 Å². The molecule has 0 spiro atoms. The normalized spacial score (nSPS) is 14.9. The Balaban J connectivity index is 1.66. The van der Waals surface area contributed by atoms with Gasteiger partial charge in [-0.05, 0) is 30.8 Å². The molecule has 0 saturated heterocycles. The molecule has 1 atom stereocenters. The van der Waals surface area contributed by atoms with Gasteiger partial charge in [-0.2, -0.15) is 0 Å². The molecule has 0 radical (unpaired) electrons. The van der Waals surface area contributed by atoms with Gasteiger partial charge in [-0.15, -0.1) is 11.3 Å². The smallest absolute Gasteiger partial charge is 0.280 e. The Labute approximate surface area is 200 Å². The predicted molar refractivity (Wildman–Crippen MR) is 126 cm³/mol. The molecule has 1 aromatic carbocycles. The van der Waals surface area contributed by atoms with Crippen LogP contribution in [0.5, 0.6) is 0 Å². The van der Waals surface area contributed by atoms with Crippen LogP contribution in [0.4, 0.5) is 4.39 Å². The zero-order valence-electron chi connectivity index (χ0n) is 18.5. The summed E-state index contributed by atoms with van der Waals surface area (Å²) in [6, 6.07) is 5.21. The largest absolute Gasteiger partial charge is 0.347 e. The van der Waals surface area contributed by atoms with E-state index in [0.717, 1.165) is 36.2 Å². The van der Waals surface area contributed by atoms with Crippen molar-refractivity contribution in [2.24, 2.45) is 0 Å². The molecule has 1 aromatic heterocycles. The third kappa shape index (κ3) is 6.59. The molecule has 8 nitrogen and oxygen atoms in total. The summed E-state index contributed by atoms with van der Waals surface area (Å²) in [5.41, 5.74) is 1.35. The van der Waals surface area contributed by atoms with E-state index in [1.807, 2.05) is 7.05 Å². The molecule has 1 unspecified atom stereocenters. The summed E-state index contributed by atoms with van der Waals surface area (Å²) >= 11 is 7.09. The molecule has 0 bridgehead atoms. The zero-order chi connectivity index (χ0) is 24.1. The number of benzene rings is 1. The number of nitrogens with one attached hydrogen (secondary N) is 2. The molecule has 0 aliphatic carbocycles. The van der Waals surface area contributed by atoms with Gasteiger partial charge in [0.1, 0.15) is 6.04 Å². The van der Waals surface area contributed by atoms with Gasteiger partial charge < -0.3 is 20.4 Å². The third-order valence-electron chi connectivity index (χ3n) is 5.01. The van der Waals surface area contributed by atoms with E-state index in [2.05, 4.69) is 20.5 Å². The third-order valence-corrected chi connectivity index (χ3v) is 6.34. The van der Waals surface area contributed by atoms with Gasteiger partial charge in [0.2, 0.25) is 5.91 Å². The van der Waals surface area contributed by atoms with Gasteiger partial charge >= 0.3 is 0 Å². The Bertz CT molecular complexity index is 1070. The quantitative estimate of drug-likeness (QED) is 0.576. The highest BCUT2D eigenvalue weighted by Gasteiger charge is 2.27. The van der Waals surface area contributed by atoms with Crippen LogP contribution in [-0.2, 0) is 22.6 Å². The Morgan fingerprint density at radius 3 is 2.67 bits per heavy atom. The van der Waals surface area contributed by atoms with E-state index in [9.17, 15) is 18.8 Å². The van der Waals surface area contributed by atoms with Crippen LogP contribution in [0.15, 0.2) is 30.1 Å². The molecule has 11 heteroatoms. The summed E-state index contributed by atoms with van der Waals surface area (Å²) in [6.45, 7) is 1.30. The highest BCUT2D eigenvalue weighted by molar-refractivity contribution is 7.13. The minimum Gasteiger partial charge on any atom is -0.347 e. The van der Waals surface area contributed by atoms with Crippen LogP contribution < -0.4 is 10.6 Å². The van der Waals surface area contributed by atoms with Crippen LogP contribution in [0.25, 0.3) is 6.08 Å². The molecule has 0 fully saturated rings. The van der Waals surface area contributed by atoms with Crippen LogP contribution in [0.3, 0.4) is 0 Å². The Morgan fingerprint density at radius 2 is 2.00 bits per heavy atom. The van der Waals surface area contributed by atoms with Crippen LogP contribution in [0.2, 0.25) is 5.02 Å². The maximum Gasteiger partial charge on any atom is 0.280 e. The van der Waals surface area contributed by atoms with Gasteiger partial charge in [0.15, 0.2) is 10.8 Å². The molecule has 1 aliphatic heterocycles. The number of hydrogen-bond acceptors (Lipinski definition) is 6. The molecule has 3 amide bonds. The van der Waals surface area contributed by atoms with Crippen LogP contribution in [0.1, 0.15) is 25.9 Å². The van der Waals surface area contributed by atoms with Crippen molar-refractivity contribution >= 4 is 46.7 Å². The maximum atomic E-state index is 14.3. The van der Waals surface area contributed by atoms with E-state index in [4.69, 9.17) is 11.6 Å². The van der Waals surface area contributed by atoms with E-state index < -0.39 is 29.6 Å². The van der Waals surface area contributed by atoms with Crippen molar-refractivity contribution in [1.29, 1.82) is 0 Å². The minimum atomic E-state index is -1.08. The average molecular weight is 494 g/mol. The SMILES string of the molecule is CN1CCc2nc(C(=O)NC(CNC(=O)C(F)=Cc3ccc(Cl)cc3)C(=O)N(C)C)sc2C1. The van der Waals surface area contributed by atoms with Crippen molar-refractivity contribution in [3.63, 3.8) is 0 Å². The number of aromatic nitrogens is 1. The molecule has 0 saturated carbocycles. The standard InChI is InChI=1S/C22H25ClFN5O3S/c1-28(2)22(32)17(11-25-19(30)15(24)10-13-4-6-14(23)7-5-13)26-20(31)21-27-16-8-9-29(3)12-18(16)33-21/h4-7,10,17H,8-9,11-12H2,1-3H3,(H,25,30)(H,26,31). The van der Waals surface area contributed by atoms with Gasteiger partial charge in [0.05, 0.1) is 5.69 Å². The van der Waals surface area contributed by atoms with Crippen molar-refractivity contribution in [3.05, 3.63) is 56.3 Å². The van der Waals surface area contributed by atoms with Crippen molar-refractivity contribution < 1.29 is 18.8 Å². The summed E-state index contributed by atoms with van der Waals surface area (Å²) in [7, 11) is 5.06. The molecule has 33 heavy (non-hydrogen) atoms. The molecular weight excluding hydrogens is 469 g/mol. The Hall–Kier alpha value is -2.82. The van der Waals surface area contributed by atoms with Crippen molar-refractivity contribution in [1.82, 2.24) is 25.4 Å². The zero-order valence-corrected chi connectivity index (χ0v) is 20.1. The summed E-state index contributed by atoms with van der Waals surface area (Å²) < 4.78 is 14.3. The van der Waals surface area contributed by atoms with E-state index in [-0.39, 0.29) is 11.6 Å². The number of amides is 3. The first-order valence-corrected chi connectivity index (χ1v) is 11.4. The van der Waals surface area contributed by atoms with Gasteiger partial charge in [0, 0.05) is 50.1 Å². The van der Waals surface area contributed by atoms with Crippen LogP contribution >= 0.6 is 22.9 Å². The number of thiazole rings is 1. The number of nitrogens with zero attached hydrogens (tertiary/aromatic N) is 3. The lowest BCUT2D eigenvalue weighted by Crippen LogP contribution is -2.52. The predicted octanol–water partition coefficient (Wildman–Crippen LogP) is 2.10. The highest BCUT2D eigenvalue weighted by Crippen LogP contribution is 2.24. The number of halogens is 2. The number of carbonyl (C=O) groups excluding carboxylic acids is 3. The number of fused-ring (bicyclic) bond motifs is 1. The maximum absolute atomic E-state index is 14.3. The summed E-state index contributed by atoms with van der Waals surface area (Å²) in [6.07, 6.45) is 1.81. The van der Waals surface area contributed by atoms with Gasteiger partial charge in [-0.25, -0.2) is 9.37 Å². The van der Waals surface area contributed by atoms with Crippen molar-refractivity contribution in [2.75, 3.05) is 34.2 Å². The average Bonchev–Trinajstić information content (AvgIpc) is 3.20. The van der Waals surface area contributed by atoms with Crippen LogP contribution in [-0.4, -0.2) is 72.8 Å². The second-order valence-corrected chi connectivity index (χ2v) is 9.41.